The normalized spacial score (nSPS) is 12.1. The molecule has 0 fully saturated rings. The van der Waals surface area contributed by atoms with E-state index in [1.165, 1.54) is 0 Å². The highest BCUT2D eigenvalue weighted by molar-refractivity contribution is 5.92. The predicted octanol–water partition coefficient (Wildman–Crippen LogP) is 3.29. The number of hydrogen-bond acceptors (Lipinski definition) is 2. The third-order valence-corrected chi connectivity index (χ3v) is 2.13. The lowest BCUT2D eigenvalue weighted by Crippen LogP contribution is -2.21. The first-order valence-corrected chi connectivity index (χ1v) is 4.45. The third-order valence-electron chi connectivity index (χ3n) is 2.13. The van der Waals surface area contributed by atoms with Gasteiger partial charge in [0.1, 0.15) is 0 Å². The highest BCUT2D eigenvalue weighted by Crippen LogP contribution is 2.41. The Morgan fingerprint density at radius 2 is 1.63 bits per heavy atom. The van der Waals surface area contributed by atoms with Crippen LogP contribution in [0.5, 0.6) is 0 Å². The van der Waals surface area contributed by atoms with Crippen molar-refractivity contribution in [2.24, 2.45) is 0 Å². The van der Waals surface area contributed by atoms with E-state index in [-0.39, 0.29) is 12.1 Å². The summed E-state index contributed by atoms with van der Waals surface area (Å²) in [5.41, 5.74) is -7.21. The Bertz CT molecular complexity index is 567. The van der Waals surface area contributed by atoms with Gasteiger partial charge in [0.05, 0.1) is 28.3 Å². The molecule has 0 amide bonds. The topological polar surface area (TPSA) is 61.1 Å². The number of alkyl halides is 6. The molecule has 1 N–H and O–H groups in total. The Balaban J connectivity index is 3.86. The van der Waals surface area contributed by atoms with Crippen molar-refractivity contribution in [2.75, 3.05) is 0 Å². The molecule has 0 saturated carbocycles. The predicted molar refractivity (Wildman–Crippen MR) is 48.1 cm³/mol. The molecule has 0 aliphatic rings. The second kappa shape index (κ2) is 4.46. The number of nitriles is 1. The fourth-order valence-corrected chi connectivity index (χ4v) is 1.45. The molecule has 0 atom stereocenters. The Morgan fingerprint density at radius 3 is 1.95 bits per heavy atom. The molecule has 9 heteroatoms. The summed E-state index contributed by atoms with van der Waals surface area (Å²) in [6.07, 6.45) is -10.7. The maximum atomic E-state index is 12.6. The fraction of sp³-hybridized carbons (Fsp3) is 0.200. The van der Waals surface area contributed by atoms with Gasteiger partial charge in [-0.15, -0.1) is 0 Å². The maximum Gasteiger partial charge on any atom is 0.418 e. The van der Waals surface area contributed by atoms with E-state index >= 15 is 0 Å². The first-order chi connectivity index (χ1) is 8.50. The number of carboxylic acid groups (broad SMARTS) is 1. The Morgan fingerprint density at radius 1 is 1.11 bits per heavy atom. The van der Waals surface area contributed by atoms with Crippen LogP contribution in [-0.2, 0) is 12.4 Å². The summed E-state index contributed by atoms with van der Waals surface area (Å²) in [7, 11) is 0. The molecule has 1 rings (SSSR count). The van der Waals surface area contributed by atoms with Crippen LogP contribution in [0.2, 0.25) is 0 Å². The largest absolute Gasteiger partial charge is 0.478 e. The molecule has 0 saturated heterocycles. The number of carboxylic acids is 1. The van der Waals surface area contributed by atoms with E-state index in [9.17, 15) is 31.1 Å². The standard InChI is InChI=1S/C10H3F6NO2/c11-9(12,13)5-2-1-4(3-17)7(10(14,15)16)6(5)8(18)19/h1-2H,(H,18,19). The van der Waals surface area contributed by atoms with Gasteiger partial charge in [0.15, 0.2) is 0 Å². The number of carbonyl (C=O) groups is 1. The molecule has 0 aliphatic carbocycles. The first kappa shape index (κ1) is 14.8. The maximum absolute atomic E-state index is 12.6. The molecule has 0 radical (unpaired) electrons. The molecule has 19 heavy (non-hydrogen) atoms. The lowest BCUT2D eigenvalue weighted by atomic mass is 9.95. The Hall–Kier alpha value is -2.24. The molecule has 0 spiro atoms. The zero-order chi connectivity index (χ0) is 15.0. The van der Waals surface area contributed by atoms with Crippen molar-refractivity contribution in [3.8, 4) is 6.07 Å². The summed E-state index contributed by atoms with van der Waals surface area (Å²) in [6, 6.07) is 1.45. The number of nitrogens with zero attached hydrogens (tertiary/aromatic N) is 1. The van der Waals surface area contributed by atoms with Crippen molar-refractivity contribution < 1.29 is 36.2 Å². The van der Waals surface area contributed by atoms with Crippen molar-refractivity contribution in [1.82, 2.24) is 0 Å². The number of benzene rings is 1. The van der Waals surface area contributed by atoms with E-state index < -0.39 is 40.6 Å². The lowest BCUT2D eigenvalue weighted by Gasteiger charge is -2.17. The minimum absolute atomic E-state index is 0.136. The van der Waals surface area contributed by atoms with E-state index in [1.807, 2.05) is 0 Å². The molecule has 0 aromatic heterocycles. The Labute approximate surface area is 101 Å². The van der Waals surface area contributed by atoms with Crippen molar-refractivity contribution in [3.63, 3.8) is 0 Å². The summed E-state index contributed by atoms with van der Waals surface area (Å²) >= 11 is 0. The average Bonchev–Trinajstić information content (AvgIpc) is 2.24. The number of aromatic carboxylic acids is 1. The number of rotatable bonds is 1. The van der Waals surface area contributed by atoms with Crippen LogP contribution in [0.15, 0.2) is 12.1 Å². The number of halogens is 6. The minimum atomic E-state index is -5.39. The van der Waals surface area contributed by atoms with E-state index in [2.05, 4.69) is 0 Å². The second-order valence-corrected chi connectivity index (χ2v) is 3.32. The molecule has 0 bridgehead atoms. The average molecular weight is 283 g/mol. The van der Waals surface area contributed by atoms with Crippen molar-refractivity contribution in [3.05, 3.63) is 34.4 Å². The monoisotopic (exact) mass is 283 g/mol. The summed E-state index contributed by atoms with van der Waals surface area (Å²) in [6.45, 7) is 0. The van der Waals surface area contributed by atoms with Crippen LogP contribution in [0.3, 0.4) is 0 Å². The summed E-state index contributed by atoms with van der Waals surface area (Å²) in [5.74, 6) is -2.41. The summed E-state index contributed by atoms with van der Waals surface area (Å²) < 4.78 is 75.4. The first-order valence-electron chi connectivity index (χ1n) is 4.45. The molecule has 0 heterocycles. The van der Waals surface area contributed by atoms with Gasteiger partial charge in [-0.1, -0.05) is 0 Å². The zero-order valence-corrected chi connectivity index (χ0v) is 8.73. The minimum Gasteiger partial charge on any atom is -0.478 e. The molecule has 1 aromatic rings. The van der Waals surface area contributed by atoms with Crippen LogP contribution in [0, 0.1) is 11.3 Å². The molecule has 3 nitrogen and oxygen atoms in total. The lowest BCUT2D eigenvalue weighted by molar-refractivity contribution is -0.144. The number of hydrogen-bond donors (Lipinski definition) is 1. The molecule has 102 valence electrons. The van der Waals surface area contributed by atoms with Gasteiger partial charge in [-0.05, 0) is 12.1 Å². The van der Waals surface area contributed by atoms with Crippen LogP contribution < -0.4 is 0 Å². The highest BCUT2D eigenvalue weighted by atomic mass is 19.4. The van der Waals surface area contributed by atoms with Gasteiger partial charge in [-0.25, -0.2) is 4.79 Å². The third kappa shape index (κ3) is 2.78. The Kier molecular flexibility index (Phi) is 3.48. The van der Waals surface area contributed by atoms with Gasteiger partial charge < -0.3 is 5.11 Å². The van der Waals surface area contributed by atoms with E-state index in [1.54, 1.807) is 0 Å². The second-order valence-electron chi connectivity index (χ2n) is 3.32. The van der Waals surface area contributed by atoms with E-state index in [4.69, 9.17) is 10.4 Å². The van der Waals surface area contributed by atoms with E-state index in [0.29, 0.717) is 0 Å². The van der Waals surface area contributed by atoms with Crippen LogP contribution in [0.4, 0.5) is 26.3 Å². The van der Waals surface area contributed by atoms with Crippen LogP contribution in [0.25, 0.3) is 0 Å². The molecular weight excluding hydrogens is 280 g/mol. The van der Waals surface area contributed by atoms with Gasteiger partial charge in [-0.3, -0.25) is 0 Å². The highest BCUT2D eigenvalue weighted by Gasteiger charge is 2.44. The van der Waals surface area contributed by atoms with Gasteiger partial charge in [0, 0.05) is 0 Å². The van der Waals surface area contributed by atoms with Gasteiger partial charge in [0.2, 0.25) is 0 Å². The van der Waals surface area contributed by atoms with Gasteiger partial charge in [0.25, 0.3) is 0 Å². The summed E-state index contributed by atoms with van der Waals surface area (Å²) in [4.78, 5) is 10.7. The SMILES string of the molecule is N#Cc1ccc(C(F)(F)F)c(C(=O)O)c1C(F)(F)F. The van der Waals surface area contributed by atoms with Crippen LogP contribution in [-0.4, -0.2) is 11.1 Å². The zero-order valence-electron chi connectivity index (χ0n) is 8.73. The van der Waals surface area contributed by atoms with Gasteiger partial charge in [-0.2, -0.15) is 31.6 Å². The molecular formula is C10H3F6NO2. The van der Waals surface area contributed by atoms with Crippen LogP contribution >= 0.6 is 0 Å². The van der Waals surface area contributed by atoms with Crippen molar-refractivity contribution in [1.29, 1.82) is 5.26 Å². The van der Waals surface area contributed by atoms with Crippen molar-refractivity contribution >= 4 is 5.97 Å². The van der Waals surface area contributed by atoms with Crippen molar-refractivity contribution in [2.45, 2.75) is 12.4 Å². The summed E-state index contributed by atoms with van der Waals surface area (Å²) in [5, 5.41) is 17.0. The quantitative estimate of drug-likeness (QED) is 0.804. The fourth-order valence-electron chi connectivity index (χ4n) is 1.45. The van der Waals surface area contributed by atoms with E-state index in [0.717, 1.165) is 6.07 Å². The molecule has 1 aromatic carbocycles. The van der Waals surface area contributed by atoms with Crippen LogP contribution in [0.1, 0.15) is 27.0 Å². The van der Waals surface area contributed by atoms with Gasteiger partial charge >= 0.3 is 18.3 Å². The smallest absolute Gasteiger partial charge is 0.418 e. The molecule has 0 aliphatic heterocycles. The molecule has 0 unspecified atom stereocenters.